The molecular weight excluding hydrogens is 381 g/mol. The fraction of sp³-hybridized carbons (Fsp3) is 0.0556. The summed E-state index contributed by atoms with van der Waals surface area (Å²) in [5.74, 6) is -4.69. The topological polar surface area (TPSA) is 66.9 Å². The summed E-state index contributed by atoms with van der Waals surface area (Å²) < 4.78 is 39.8. The molecule has 0 bridgehead atoms. The van der Waals surface area contributed by atoms with Crippen molar-refractivity contribution in [3.05, 3.63) is 82.5 Å². The minimum Gasteiger partial charge on any atom is -0.347 e. The van der Waals surface area contributed by atoms with E-state index in [9.17, 15) is 18.0 Å². The van der Waals surface area contributed by atoms with E-state index >= 15 is 0 Å². The maximum Gasteiger partial charge on any atom is 0.271 e. The number of carbonyl (C=O) groups excluding carboxylic acids is 1. The number of nitrogens with one attached hydrogen (secondary N) is 2. The summed E-state index contributed by atoms with van der Waals surface area (Å²) in [6, 6.07) is 8.87. The lowest BCUT2D eigenvalue weighted by Crippen LogP contribution is -2.24. The van der Waals surface area contributed by atoms with Gasteiger partial charge in [-0.3, -0.25) is 4.79 Å². The molecule has 0 atom stereocenters. The molecule has 2 N–H and O–H groups in total. The summed E-state index contributed by atoms with van der Waals surface area (Å²) in [7, 11) is 0. The Morgan fingerprint density at radius 1 is 1.00 bits per heavy atom. The van der Waals surface area contributed by atoms with Gasteiger partial charge in [0.1, 0.15) is 11.5 Å². The summed E-state index contributed by atoms with van der Waals surface area (Å²) in [6.45, 7) is 0.209. The molecule has 0 spiro atoms. The van der Waals surface area contributed by atoms with Gasteiger partial charge in [-0.1, -0.05) is 29.8 Å². The fourth-order valence-corrected chi connectivity index (χ4v) is 2.38. The highest BCUT2D eigenvalue weighted by atomic mass is 35.5. The Balaban J connectivity index is 1.65. The Kier molecular flexibility index (Phi) is 5.56. The third-order valence-electron chi connectivity index (χ3n) is 3.58. The van der Waals surface area contributed by atoms with Gasteiger partial charge in [0.15, 0.2) is 17.5 Å². The van der Waals surface area contributed by atoms with Crippen molar-refractivity contribution in [2.75, 3.05) is 5.32 Å². The molecule has 138 valence electrons. The molecule has 0 saturated heterocycles. The second kappa shape index (κ2) is 8.05. The van der Waals surface area contributed by atoms with Crippen molar-refractivity contribution in [2.24, 2.45) is 0 Å². The van der Waals surface area contributed by atoms with Gasteiger partial charge in [-0.15, -0.1) is 0 Å². The first kappa shape index (κ1) is 18.7. The average molecular weight is 393 g/mol. The zero-order valence-electron chi connectivity index (χ0n) is 13.6. The summed E-state index contributed by atoms with van der Waals surface area (Å²) in [5, 5.41) is 5.64. The predicted octanol–water partition coefficient (Wildman–Crippen LogP) is 4.22. The second-order valence-corrected chi connectivity index (χ2v) is 5.82. The van der Waals surface area contributed by atoms with Crippen LogP contribution in [0.25, 0.3) is 0 Å². The van der Waals surface area contributed by atoms with Gasteiger partial charge in [0.25, 0.3) is 5.91 Å². The van der Waals surface area contributed by atoms with Crippen LogP contribution < -0.4 is 10.6 Å². The van der Waals surface area contributed by atoms with Gasteiger partial charge in [0.2, 0.25) is 0 Å². The van der Waals surface area contributed by atoms with E-state index < -0.39 is 23.4 Å². The molecule has 0 unspecified atom stereocenters. The van der Waals surface area contributed by atoms with Crippen LogP contribution in [-0.4, -0.2) is 15.9 Å². The van der Waals surface area contributed by atoms with Crippen molar-refractivity contribution in [3.63, 3.8) is 0 Å². The Morgan fingerprint density at radius 2 is 1.78 bits per heavy atom. The third kappa shape index (κ3) is 4.35. The molecule has 1 aromatic heterocycles. The van der Waals surface area contributed by atoms with E-state index in [0.717, 1.165) is 17.7 Å². The Hall–Kier alpha value is -3.13. The molecule has 0 fully saturated rings. The van der Waals surface area contributed by atoms with Crippen molar-refractivity contribution in [2.45, 2.75) is 6.54 Å². The zero-order valence-corrected chi connectivity index (χ0v) is 14.4. The molecule has 27 heavy (non-hydrogen) atoms. The molecular formula is C18H12ClF3N4O. The van der Waals surface area contributed by atoms with Crippen LogP contribution in [0.5, 0.6) is 0 Å². The molecule has 0 saturated carbocycles. The molecule has 0 aliphatic rings. The summed E-state index contributed by atoms with van der Waals surface area (Å²) in [5.41, 5.74) is 0.463. The number of hydrogen-bond donors (Lipinski definition) is 2. The highest BCUT2D eigenvalue weighted by molar-refractivity contribution is 6.31. The first-order valence-corrected chi connectivity index (χ1v) is 8.07. The largest absolute Gasteiger partial charge is 0.347 e. The van der Waals surface area contributed by atoms with Crippen molar-refractivity contribution in [1.82, 2.24) is 15.3 Å². The van der Waals surface area contributed by atoms with Gasteiger partial charge in [-0.2, -0.15) is 0 Å². The van der Waals surface area contributed by atoms with Crippen molar-refractivity contribution >= 4 is 29.0 Å². The molecule has 9 heteroatoms. The lowest BCUT2D eigenvalue weighted by molar-refractivity contribution is 0.0945. The van der Waals surface area contributed by atoms with Crippen LogP contribution in [-0.2, 0) is 6.54 Å². The molecule has 0 radical (unpaired) electrons. The van der Waals surface area contributed by atoms with E-state index in [4.69, 9.17) is 11.6 Å². The van der Waals surface area contributed by atoms with Crippen molar-refractivity contribution < 1.29 is 18.0 Å². The third-order valence-corrected chi connectivity index (χ3v) is 3.95. The van der Waals surface area contributed by atoms with E-state index in [1.165, 1.54) is 12.4 Å². The number of halogens is 4. The van der Waals surface area contributed by atoms with Crippen LogP contribution in [0.2, 0.25) is 5.02 Å². The second-order valence-electron chi connectivity index (χ2n) is 5.41. The van der Waals surface area contributed by atoms with Crippen molar-refractivity contribution in [1.29, 1.82) is 0 Å². The number of carbonyl (C=O) groups is 1. The number of hydrogen-bond acceptors (Lipinski definition) is 4. The first-order valence-electron chi connectivity index (χ1n) is 7.70. The van der Waals surface area contributed by atoms with Gasteiger partial charge in [-0.25, -0.2) is 23.1 Å². The van der Waals surface area contributed by atoms with Gasteiger partial charge in [-0.05, 0) is 23.8 Å². The van der Waals surface area contributed by atoms with E-state index in [1.54, 1.807) is 24.3 Å². The Bertz CT molecular complexity index is 983. The van der Waals surface area contributed by atoms with Crippen LogP contribution in [0.4, 0.5) is 24.7 Å². The number of rotatable bonds is 5. The summed E-state index contributed by atoms with van der Waals surface area (Å²) in [4.78, 5) is 19.9. The molecule has 1 heterocycles. The highest BCUT2D eigenvalue weighted by Crippen LogP contribution is 2.22. The molecule has 0 aliphatic heterocycles. The minimum absolute atomic E-state index is 0.0263. The summed E-state index contributed by atoms with van der Waals surface area (Å²) in [6.07, 6.45) is 2.34. The Labute approximate surface area is 157 Å². The zero-order chi connectivity index (χ0) is 19.4. The van der Waals surface area contributed by atoms with Crippen molar-refractivity contribution in [3.8, 4) is 0 Å². The van der Waals surface area contributed by atoms with Gasteiger partial charge in [0.05, 0.1) is 18.1 Å². The number of anilines is 2. The fourth-order valence-electron chi connectivity index (χ4n) is 2.18. The number of benzene rings is 2. The lowest BCUT2D eigenvalue weighted by Gasteiger charge is -2.09. The predicted molar refractivity (Wildman–Crippen MR) is 94.3 cm³/mol. The number of nitrogens with zero attached hydrogens (tertiary/aromatic N) is 2. The highest BCUT2D eigenvalue weighted by Gasteiger charge is 2.14. The average Bonchev–Trinajstić information content (AvgIpc) is 2.68. The van der Waals surface area contributed by atoms with E-state index in [1.807, 2.05) is 0 Å². The molecule has 3 rings (SSSR count). The molecule has 3 aromatic rings. The van der Waals surface area contributed by atoms with Gasteiger partial charge < -0.3 is 10.6 Å². The maximum atomic E-state index is 13.6. The van der Waals surface area contributed by atoms with Gasteiger partial charge in [0, 0.05) is 11.6 Å². The Morgan fingerprint density at radius 3 is 2.48 bits per heavy atom. The lowest BCUT2D eigenvalue weighted by atomic mass is 10.2. The summed E-state index contributed by atoms with van der Waals surface area (Å²) >= 11 is 6.02. The number of amides is 1. The monoisotopic (exact) mass is 392 g/mol. The van der Waals surface area contributed by atoms with E-state index in [2.05, 4.69) is 20.6 Å². The molecule has 5 nitrogen and oxygen atoms in total. The first-order chi connectivity index (χ1) is 13.0. The quantitative estimate of drug-likeness (QED) is 0.638. The molecule has 1 amide bonds. The standard InChI is InChI=1S/C18H12ClF3N4O/c19-11-4-2-1-3-10(11)7-25-18(27)14-8-24-15(9-23-14)26-13-6-5-12(20)16(21)17(13)22/h1-6,8-9H,7H2,(H,24,26)(H,25,27). The van der Waals surface area contributed by atoms with Crippen LogP contribution in [0, 0.1) is 17.5 Å². The van der Waals surface area contributed by atoms with Crippen LogP contribution in [0.15, 0.2) is 48.8 Å². The smallest absolute Gasteiger partial charge is 0.271 e. The molecule has 0 aliphatic carbocycles. The van der Waals surface area contributed by atoms with E-state index in [0.29, 0.717) is 5.02 Å². The SMILES string of the molecule is O=C(NCc1ccccc1Cl)c1cnc(Nc2ccc(F)c(F)c2F)cn1. The normalized spacial score (nSPS) is 10.5. The maximum absolute atomic E-state index is 13.6. The van der Waals surface area contributed by atoms with Crippen LogP contribution in [0.1, 0.15) is 16.1 Å². The number of aromatic nitrogens is 2. The molecule has 2 aromatic carbocycles. The van der Waals surface area contributed by atoms with Crippen LogP contribution >= 0.6 is 11.6 Å². The van der Waals surface area contributed by atoms with E-state index in [-0.39, 0.29) is 23.7 Å². The minimum atomic E-state index is -1.59. The van der Waals surface area contributed by atoms with Crippen LogP contribution in [0.3, 0.4) is 0 Å². The van der Waals surface area contributed by atoms with Gasteiger partial charge >= 0.3 is 0 Å².